The molecule has 0 aromatic heterocycles. The summed E-state index contributed by atoms with van der Waals surface area (Å²) in [6.45, 7) is 6.35. The third-order valence-corrected chi connectivity index (χ3v) is 3.89. The van der Waals surface area contributed by atoms with Gasteiger partial charge in [0.05, 0.1) is 14.2 Å². The van der Waals surface area contributed by atoms with Crippen molar-refractivity contribution < 1.29 is 32.1 Å². The number of hydrogen-bond donors (Lipinski definition) is 0. The molecule has 0 fully saturated rings. The molecule has 0 radical (unpaired) electrons. The van der Waals surface area contributed by atoms with Crippen LogP contribution in [0.3, 0.4) is 0 Å². The number of hydrogen-bond acceptors (Lipinski definition) is 2. The number of ether oxygens (including phenoxy) is 2. The Balaban J connectivity index is 3.61. The van der Waals surface area contributed by atoms with Crippen molar-refractivity contribution in [3.05, 3.63) is 22.3 Å². The number of methoxy groups -OCH3 is 2. The Kier molecular flexibility index (Phi) is 4.89. The van der Waals surface area contributed by atoms with Gasteiger partial charge in [0, 0.05) is 11.1 Å². The zero-order valence-electron chi connectivity index (χ0n) is 10.6. The minimum Gasteiger partial charge on any atom is -0.496 e. The third kappa shape index (κ3) is 2.14. The Labute approximate surface area is 111 Å². The van der Waals surface area contributed by atoms with Gasteiger partial charge in [-0.25, -0.2) is 0 Å². The van der Waals surface area contributed by atoms with Gasteiger partial charge in [-0.05, 0) is 31.4 Å². The average Bonchev–Trinajstić information content (AvgIpc) is 2.31. The molecular weight excluding hydrogens is 315 g/mol. The van der Waals surface area contributed by atoms with Crippen molar-refractivity contribution in [1.29, 1.82) is 0 Å². The highest BCUT2D eigenvalue weighted by atomic mass is 127. The monoisotopic (exact) mass is 335 g/mol. The lowest BCUT2D eigenvalue weighted by Gasteiger charge is -2.19. The summed E-state index contributed by atoms with van der Waals surface area (Å²) in [4.78, 5) is 0. The SMILES string of the molecule is CCc1c(C[IH+])c(OC)c(C)c(C)c1OC. The predicted octanol–water partition coefficient (Wildman–Crippen LogP) is -0.331. The summed E-state index contributed by atoms with van der Waals surface area (Å²) in [5.74, 6) is 2.06. The second-order valence-electron chi connectivity index (χ2n) is 3.77. The fraction of sp³-hybridized carbons (Fsp3) is 0.538. The second kappa shape index (κ2) is 5.75. The lowest BCUT2D eigenvalue weighted by molar-refractivity contribution is -0.386. The molecule has 1 rings (SSSR count). The van der Waals surface area contributed by atoms with E-state index >= 15 is 0 Å². The summed E-state index contributed by atoms with van der Waals surface area (Å²) < 4.78 is 12.1. The van der Waals surface area contributed by atoms with Gasteiger partial charge < -0.3 is 9.47 Å². The Morgan fingerprint density at radius 2 is 1.38 bits per heavy atom. The lowest BCUT2D eigenvalue weighted by atomic mass is 9.96. The smallest absolute Gasteiger partial charge is 0.257 e. The molecule has 0 aliphatic heterocycles. The third-order valence-electron chi connectivity index (χ3n) is 3.06. The molecule has 1 aromatic carbocycles. The largest absolute Gasteiger partial charge is 0.496 e. The fourth-order valence-electron chi connectivity index (χ4n) is 2.15. The Hall–Kier alpha value is -0.450. The molecule has 0 N–H and O–H groups in total. The highest BCUT2D eigenvalue weighted by Gasteiger charge is 2.21. The van der Waals surface area contributed by atoms with Gasteiger partial charge in [-0.15, -0.1) is 0 Å². The Morgan fingerprint density at radius 3 is 1.69 bits per heavy atom. The lowest BCUT2D eigenvalue weighted by Crippen LogP contribution is -3.33. The summed E-state index contributed by atoms with van der Waals surface area (Å²) in [6, 6.07) is 0. The van der Waals surface area contributed by atoms with E-state index in [9.17, 15) is 0 Å². The number of rotatable bonds is 4. The first-order valence-corrected chi connectivity index (χ1v) is 7.08. The second-order valence-corrected chi connectivity index (χ2v) is 4.60. The van der Waals surface area contributed by atoms with Crippen LogP contribution in [0.4, 0.5) is 0 Å². The van der Waals surface area contributed by atoms with Crippen LogP contribution < -0.4 is 32.1 Å². The molecule has 0 amide bonds. The van der Waals surface area contributed by atoms with E-state index in [1.165, 1.54) is 22.3 Å². The molecule has 3 heteroatoms. The van der Waals surface area contributed by atoms with Crippen molar-refractivity contribution in [2.75, 3.05) is 14.2 Å². The van der Waals surface area contributed by atoms with Crippen LogP contribution in [-0.4, -0.2) is 14.2 Å². The molecule has 0 aliphatic carbocycles. The minimum atomic E-state index is 0.978. The minimum absolute atomic E-state index is 0.978. The van der Waals surface area contributed by atoms with Crippen LogP contribution >= 0.6 is 0 Å². The van der Waals surface area contributed by atoms with E-state index in [-0.39, 0.29) is 0 Å². The molecule has 0 atom stereocenters. The molecule has 0 saturated heterocycles. The molecule has 0 unspecified atom stereocenters. The Morgan fingerprint density at radius 1 is 0.938 bits per heavy atom. The van der Waals surface area contributed by atoms with Crippen LogP contribution in [0.5, 0.6) is 11.5 Å². The van der Waals surface area contributed by atoms with Gasteiger partial charge in [0.1, 0.15) is 11.5 Å². The Bertz CT molecular complexity index is 349. The van der Waals surface area contributed by atoms with Crippen molar-refractivity contribution in [2.45, 2.75) is 31.6 Å². The molecule has 0 aliphatic rings. The highest BCUT2D eigenvalue weighted by molar-refractivity contribution is 5.58. The van der Waals surface area contributed by atoms with Gasteiger partial charge in [-0.2, -0.15) is 0 Å². The number of benzene rings is 1. The molecule has 0 heterocycles. The quantitative estimate of drug-likeness (QED) is 0.554. The first-order valence-electron chi connectivity index (χ1n) is 5.43. The molecule has 90 valence electrons. The van der Waals surface area contributed by atoms with Crippen LogP contribution in [0.2, 0.25) is 0 Å². The fourth-order valence-corrected chi connectivity index (χ4v) is 3.02. The van der Waals surface area contributed by atoms with Crippen LogP contribution in [-0.2, 0) is 10.8 Å². The van der Waals surface area contributed by atoms with Crippen molar-refractivity contribution in [2.24, 2.45) is 0 Å². The molecule has 0 spiro atoms. The van der Waals surface area contributed by atoms with Gasteiger partial charge in [0.25, 0.3) is 22.6 Å². The molecule has 1 aromatic rings. The van der Waals surface area contributed by atoms with E-state index < -0.39 is 0 Å². The number of halogens is 1. The van der Waals surface area contributed by atoms with Crippen LogP contribution in [0, 0.1) is 13.8 Å². The van der Waals surface area contributed by atoms with Gasteiger partial charge >= 0.3 is 0 Å². The summed E-state index contributed by atoms with van der Waals surface area (Å²) >= 11 is 2.08. The standard InChI is InChI=1S/C13H20IO2/c1-6-10-11(7-14)13(16-5)9(3)8(2)12(10)15-4/h14H,6-7H2,1-5H3/q+1. The highest BCUT2D eigenvalue weighted by Crippen LogP contribution is 2.37. The van der Waals surface area contributed by atoms with Crippen molar-refractivity contribution in [3.8, 4) is 11.5 Å². The summed E-state index contributed by atoms with van der Waals surface area (Å²) in [5, 5.41) is 0. The first kappa shape index (κ1) is 13.6. The maximum Gasteiger partial charge on any atom is 0.257 e. The maximum absolute atomic E-state index is 5.54. The molecule has 0 saturated carbocycles. The van der Waals surface area contributed by atoms with Crippen LogP contribution in [0.25, 0.3) is 0 Å². The van der Waals surface area contributed by atoms with Crippen molar-refractivity contribution in [3.63, 3.8) is 0 Å². The van der Waals surface area contributed by atoms with Crippen LogP contribution in [0.15, 0.2) is 0 Å². The normalized spacial score (nSPS) is 10.4. The van der Waals surface area contributed by atoms with Gasteiger partial charge in [-0.1, -0.05) is 6.92 Å². The topological polar surface area (TPSA) is 18.5 Å². The summed E-state index contributed by atoms with van der Waals surface area (Å²) in [7, 11) is 3.49. The zero-order chi connectivity index (χ0) is 12.3. The van der Waals surface area contributed by atoms with Gasteiger partial charge in [-0.3, -0.25) is 0 Å². The van der Waals surface area contributed by atoms with E-state index in [0.717, 1.165) is 22.3 Å². The van der Waals surface area contributed by atoms with E-state index in [0.29, 0.717) is 0 Å². The van der Waals surface area contributed by atoms with Crippen molar-refractivity contribution >= 4 is 0 Å². The van der Waals surface area contributed by atoms with E-state index in [1.807, 2.05) is 0 Å². The van der Waals surface area contributed by atoms with E-state index in [2.05, 4.69) is 43.4 Å². The van der Waals surface area contributed by atoms with E-state index in [4.69, 9.17) is 9.47 Å². The molecule has 2 nitrogen and oxygen atoms in total. The first-order chi connectivity index (χ1) is 7.62. The van der Waals surface area contributed by atoms with Gasteiger partial charge in [0.2, 0.25) is 0 Å². The predicted molar refractivity (Wildman–Crippen MR) is 63.5 cm³/mol. The van der Waals surface area contributed by atoms with Gasteiger partial charge in [0.15, 0.2) is 4.43 Å². The average molecular weight is 335 g/mol. The van der Waals surface area contributed by atoms with Crippen LogP contribution in [0.1, 0.15) is 29.2 Å². The zero-order valence-corrected chi connectivity index (χ0v) is 13.0. The summed E-state index contributed by atoms with van der Waals surface area (Å²) in [5.41, 5.74) is 4.95. The number of alkyl halides is 1. The maximum atomic E-state index is 5.54. The summed E-state index contributed by atoms with van der Waals surface area (Å²) in [6.07, 6.45) is 0.978. The molecule has 16 heavy (non-hydrogen) atoms. The van der Waals surface area contributed by atoms with Crippen molar-refractivity contribution in [1.82, 2.24) is 0 Å². The molecule has 0 bridgehead atoms. The van der Waals surface area contributed by atoms with E-state index in [1.54, 1.807) is 14.2 Å². The molecular formula is C13H20IO2+.